The number of ether oxygens (including phenoxy) is 2. The van der Waals surface area contributed by atoms with Gasteiger partial charge < -0.3 is 9.47 Å². The van der Waals surface area contributed by atoms with Crippen LogP contribution >= 0.6 is 0 Å². The zero-order chi connectivity index (χ0) is 31.3. The normalized spacial score (nSPS) is 11.4. The summed E-state index contributed by atoms with van der Waals surface area (Å²) in [6.45, 7) is 6.03. The van der Waals surface area contributed by atoms with E-state index in [2.05, 4.69) is 44.2 Å². The van der Waals surface area contributed by atoms with Crippen LogP contribution in [0.4, 0.5) is 0 Å². The summed E-state index contributed by atoms with van der Waals surface area (Å²) in [4.78, 5) is 0. The summed E-state index contributed by atoms with van der Waals surface area (Å²) in [5.74, 6) is 1.71. The van der Waals surface area contributed by atoms with E-state index in [4.69, 9.17) is 14.7 Å². The van der Waals surface area contributed by atoms with Crippen molar-refractivity contribution in [3.63, 3.8) is 0 Å². The number of nitrogens with zero attached hydrogens (tertiary/aromatic N) is 1. The minimum Gasteiger partial charge on any atom is -0.490 e. The van der Waals surface area contributed by atoms with Gasteiger partial charge in [-0.3, -0.25) is 0 Å². The van der Waals surface area contributed by atoms with E-state index in [0.717, 1.165) is 48.7 Å². The summed E-state index contributed by atoms with van der Waals surface area (Å²) in [6, 6.07) is 16.0. The minimum atomic E-state index is 0.679. The fourth-order valence-electron chi connectivity index (χ4n) is 5.41. The predicted molar refractivity (Wildman–Crippen MR) is 190 cm³/mol. The summed E-state index contributed by atoms with van der Waals surface area (Å²) >= 11 is 0. The number of nitriles is 1. The van der Waals surface area contributed by atoms with E-state index in [0.29, 0.717) is 5.56 Å². The Kier molecular flexibility index (Phi) is 22.3. The molecule has 0 fully saturated rings. The van der Waals surface area contributed by atoms with Crippen LogP contribution in [0.3, 0.4) is 0 Å². The lowest BCUT2D eigenvalue weighted by atomic mass is 10.1. The Morgan fingerprint density at radius 3 is 1.39 bits per heavy atom. The second-order valence-corrected chi connectivity index (χ2v) is 12.2. The van der Waals surface area contributed by atoms with Gasteiger partial charge in [-0.25, -0.2) is 0 Å². The van der Waals surface area contributed by atoms with Crippen molar-refractivity contribution in [2.45, 2.75) is 142 Å². The predicted octanol–water partition coefficient (Wildman–Crippen LogP) is 12.9. The van der Waals surface area contributed by atoms with E-state index >= 15 is 0 Å². The standard InChI is InChI=1S/C41H61NO2/c1-3-5-7-9-11-13-15-17-19-23-33-43-40-32-31-38(26-22-21-25-37-27-29-39(36-42)30-28-37)35-41(40)44-34-24-20-18-16-14-12-10-8-6-4-2/h21-22,25-32,35H,3-20,23-24,33-34H2,1-2H3/b25-21+,26-22+. The number of benzene rings is 2. The highest BCUT2D eigenvalue weighted by Crippen LogP contribution is 2.30. The Hall–Kier alpha value is -2.99. The molecule has 242 valence electrons. The van der Waals surface area contributed by atoms with Crippen LogP contribution in [0.2, 0.25) is 0 Å². The van der Waals surface area contributed by atoms with E-state index < -0.39 is 0 Å². The molecule has 0 aliphatic carbocycles. The largest absolute Gasteiger partial charge is 0.490 e. The third kappa shape index (κ3) is 18.6. The molecule has 0 spiro atoms. The van der Waals surface area contributed by atoms with Crippen molar-refractivity contribution in [1.82, 2.24) is 0 Å². The van der Waals surface area contributed by atoms with E-state index in [1.165, 1.54) is 116 Å². The maximum atomic E-state index is 8.98. The van der Waals surface area contributed by atoms with Crippen LogP contribution in [0.5, 0.6) is 11.5 Å². The molecule has 2 aromatic carbocycles. The SMILES string of the molecule is CCCCCCCCCCCCOc1ccc(/C=C/C=C/c2ccc(C#N)cc2)cc1OCCCCCCCCCCCC. The number of allylic oxidation sites excluding steroid dienone is 2. The lowest BCUT2D eigenvalue weighted by molar-refractivity contribution is 0.258. The number of hydrogen-bond donors (Lipinski definition) is 0. The molecule has 2 aromatic rings. The molecule has 0 radical (unpaired) electrons. The highest BCUT2D eigenvalue weighted by molar-refractivity contribution is 5.60. The van der Waals surface area contributed by atoms with Gasteiger partial charge in [-0.2, -0.15) is 5.26 Å². The van der Waals surface area contributed by atoms with Gasteiger partial charge in [-0.1, -0.05) is 172 Å². The van der Waals surface area contributed by atoms with Crippen LogP contribution < -0.4 is 9.47 Å². The minimum absolute atomic E-state index is 0.679. The van der Waals surface area contributed by atoms with Crippen molar-refractivity contribution < 1.29 is 9.47 Å². The van der Waals surface area contributed by atoms with Crippen LogP contribution in [-0.2, 0) is 0 Å². The lowest BCUT2D eigenvalue weighted by Crippen LogP contribution is -2.03. The maximum Gasteiger partial charge on any atom is 0.161 e. The highest BCUT2D eigenvalue weighted by atomic mass is 16.5. The Balaban J connectivity index is 1.79. The molecule has 0 bridgehead atoms. The van der Waals surface area contributed by atoms with Crippen LogP contribution in [0, 0.1) is 11.3 Å². The van der Waals surface area contributed by atoms with Crippen LogP contribution in [0.25, 0.3) is 12.2 Å². The van der Waals surface area contributed by atoms with Crippen molar-refractivity contribution >= 4 is 12.2 Å². The quantitative estimate of drug-likeness (QED) is 0.0757. The van der Waals surface area contributed by atoms with Crippen molar-refractivity contribution in [3.8, 4) is 17.6 Å². The van der Waals surface area contributed by atoms with Gasteiger partial charge in [0, 0.05) is 0 Å². The molecule has 3 nitrogen and oxygen atoms in total. The van der Waals surface area contributed by atoms with Crippen molar-refractivity contribution in [1.29, 1.82) is 5.26 Å². The van der Waals surface area contributed by atoms with E-state index in [9.17, 15) is 0 Å². The topological polar surface area (TPSA) is 42.2 Å². The molecule has 0 unspecified atom stereocenters. The first kappa shape index (κ1) is 37.2. The van der Waals surface area contributed by atoms with Crippen LogP contribution in [-0.4, -0.2) is 13.2 Å². The molecule has 0 saturated heterocycles. The molecule has 0 aliphatic rings. The van der Waals surface area contributed by atoms with Crippen LogP contribution in [0.15, 0.2) is 54.6 Å². The molecular formula is C41H61NO2. The maximum absolute atomic E-state index is 8.98. The third-order valence-corrected chi connectivity index (χ3v) is 8.21. The zero-order valence-corrected chi connectivity index (χ0v) is 28.2. The molecule has 0 aliphatic heterocycles. The van der Waals surface area contributed by atoms with Crippen molar-refractivity contribution in [2.75, 3.05) is 13.2 Å². The van der Waals surface area contributed by atoms with Crippen LogP contribution in [0.1, 0.15) is 159 Å². The fourth-order valence-corrected chi connectivity index (χ4v) is 5.41. The third-order valence-electron chi connectivity index (χ3n) is 8.21. The molecule has 0 aromatic heterocycles. The van der Waals surface area contributed by atoms with Gasteiger partial charge >= 0.3 is 0 Å². The summed E-state index contributed by atoms with van der Waals surface area (Å²) in [5.41, 5.74) is 2.85. The second kappa shape index (κ2) is 26.4. The lowest BCUT2D eigenvalue weighted by Gasteiger charge is -2.14. The Morgan fingerprint density at radius 1 is 0.500 bits per heavy atom. The Labute approximate surface area is 270 Å². The van der Waals surface area contributed by atoms with Gasteiger partial charge in [0.15, 0.2) is 11.5 Å². The van der Waals surface area contributed by atoms with Gasteiger partial charge in [0.1, 0.15) is 0 Å². The molecule has 0 atom stereocenters. The highest BCUT2D eigenvalue weighted by Gasteiger charge is 2.07. The number of rotatable bonds is 27. The summed E-state index contributed by atoms with van der Waals surface area (Å²) in [6.07, 6.45) is 34.7. The first-order valence-electron chi connectivity index (χ1n) is 18.0. The average Bonchev–Trinajstić information content (AvgIpc) is 3.05. The van der Waals surface area contributed by atoms with Crippen molar-refractivity contribution in [2.24, 2.45) is 0 Å². The van der Waals surface area contributed by atoms with Gasteiger partial charge in [0.2, 0.25) is 0 Å². The first-order chi connectivity index (χ1) is 21.8. The smallest absolute Gasteiger partial charge is 0.161 e. The monoisotopic (exact) mass is 599 g/mol. The molecular weight excluding hydrogens is 538 g/mol. The number of hydrogen-bond acceptors (Lipinski definition) is 3. The fraction of sp³-hybridized carbons (Fsp3) is 0.585. The van der Waals surface area contributed by atoms with E-state index in [1.807, 2.05) is 42.5 Å². The summed E-state index contributed by atoms with van der Waals surface area (Å²) < 4.78 is 12.5. The Morgan fingerprint density at radius 2 is 0.909 bits per heavy atom. The van der Waals surface area contributed by atoms with E-state index in [-0.39, 0.29) is 0 Å². The molecule has 0 amide bonds. The zero-order valence-electron chi connectivity index (χ0n) is 28.2. The first-order valence-corrected chi connectivity index (χ1v) is 18.0. The molecule has 44 heavy (non-hydrogen) atoms. The summed E-state index contributed by atoms with van der Waals surface area (Å²) in [7, 11) is 0. The van der Waals surface area contributed by atoms with Gasteiger partial charge in [-0.15, -0.1) is 0 Å². The number of unbranched alkanes of at least 4 members (excludes halogenated alkanes) is 18. The van der Waals surface area contributed by atoms with Crippen molar-refractivity contribution in [3.05, 3.63) is 71.3 Å². The van der Waals surface area contributed by atoms with Gasteiger partial charge in [0.05, 0.1) is 24.8 Å². The molecule has 3 heteroatoms. The molecule has 2 rings (SSSR count). The molecule has 0 heterocycles. The molecule has 0 N–H and O–H groups in total. The molecule has 0 saturated carbocycles. The average molecular weight is 600 g/mol. The second-order valence-electron chi connectivity index (χ2n) is 12.2. The summed E-state index contributed by atoms with van der Waals surface area (Å²) in [5, 5.41) is 8.98. The van der Waals surface area contributed by atoms with E-state index in [1.54, 1.807) is 0 Å². The van der Waals surface area contributed by atoms with Gasteiger partial charge in [0.25, 0.3) is 0 Å². The van der Waals surface area contributed by atoms with Gasteiger partial charge in [-0.05, 0) is 48.2 Å². The Bertz CT molecular complexity index is 1060.